The summed E-state index contributed by atoms with van der Waals surface area (Å²) in [6.45, 7) is 4.74. The fourth-order valence-electron chi connectivity index (χ4n) is 4.05. The lowest BCUT2D eigenvalue weighted by atomic mass is 10.1. The molecular formula is C26H28FN3O3S. The molecule has 0 atom stereocenters. The van der Waals surface area contributed by atoms with Gasteiger partial charge in [0.15, 0.2) is 5.78 Å². The Balaban J connectivity index is 1.41. The van der Waals surface area contributed by atoms with E-state index in [-0.39, 0.29) is 24.1 Å². The molecule has 1 aliphatic rings. The average molecular weight is 482 g/mol. The maximum atomic E-state index is 14.6. The van der Waals surface area contributed by atoms with Crippen LogP contribution in [0.15, 0.2) is 60.0 Å². The minimum absolute atomic E-state index is 0.0176. The molecule has 178 valence electrons. The van der Waals surface area contributed by atoms with Crippen LogP contribution in [0.5, 0.6) is 5.75 Å². The summed E-state index contributed by atoms with van der Waals surface area (Å²) in [6.07, 6.45) is 0. The van der Waals surface area contributed by atoms with E-state index in [9.17, 15) is 14.0 Å². The molecule has 0 N–H and O–H groups in total. The lowest BCUT2D eigenvalue weighted by molar-refractivity contribution is -0.120. The molecule has 0 aliphatic carbocycles. The van der Waals surface area contributed by atoms with Gasteiger partial charge in [-0.05, 0) is 60.8 Å². The maximum Gasteiger partial charge on any atom is 0.241 e. The van der Waals surface area contributed by atoms with E-state index in [0.717, 1.165) is 16.3 Å². The SMILES string of the molecule is COc1ccc(N(Cc2cccs2)C(=O)CN2CCN(c3ccc(C(C)=O)cc3F)CC2)cc1. The van der Waals surface area contributed by atoms with Gasteiger partial charge < -0.3 is 14.5 Å². The molecule has 1 aliphatic heterocycles. The highest BCUT2D eigenvalue weighted by Gasteiger charge is 2.24. The Morgan fingerprint density at radius 3 is 2.38 bits per heavy atom. The number of anilines is 2. The highest BCUT2D eigenvalue weighted by Crippen LogP contribution is 2.25. The first-order chi connectivity index (χ1) is 16.4. The molecule has 0 unspecified atom stereocenters. The predicted molar refractivity (Wildman–Crippen MR) is 134 cm³/mol. The zero-order valence-electron chi connectivity index (χ0n) is 19.4. The third-order valence-corrected chi connectivity index (χ3v) is 6.87. The summed E-state index contributed by atoms with van der Waals surface area (Å²) < 4.78 is 19.8. The molecule has 1 amide bonds. The number of ketones is 1. The fraction of sp³-hybridized carbons (Fsp3) is 0.308. The van der Waals surface area contributed by atoms with Gasteiger partial charge in [0.2, 0.25) is 5.91 Å². The van der Waals surface area contributed by atoms with Crippen molar-refractivity contribution >= 4 is 34.4 Å². The minimum Gasteiger partial charge on any atom is -0.497 e. The van der Waals surface area contributed by atoms with Crippen molar-refractivity contribution in [3.8, 4) is 5.75 Å². The van der Waals surface area contributed by atoms with Gasteiger partial charge in [-0.15, -0.1) is 11.3 Å². The lowest BCUT2D eigenvalue weighted by Gasteiger charge is -2.36. The molecule has 3 aromatic rings. The molecular weight excluding hydrogens is 453 g/mol. The van der Waals surface area contributed by atoms with Crippen molar-refractivity contribution in [1.29, 1.82) is 0 Å². The molecule has 2 heterocycles. The molecule has 8 heteroatoms. The van der Waals surface area contributed by atoms with E-state index < -0.39 is 0 Å². The van der Waals surface area contributed by atoms with E-state index in [4.69, 9.17) is 4.74 Å². The third kappa shape index (κ3) is 5.63. The largest absolute Gasteiger partial charge is 0.497 e. The summed E-state index contributed by atoms with van der Waals surface area (Å²) in [5.41, 5.74) is 1.69. The molecule has 0 bridgehead atoms. The van der Waals surface area contributed by atoms with E-state index >= 15 is 0 Å². The molecule has 6 nitrogen and oxygen atoms in total. The second kappa shape index (κ2) is 10.8. The number of carbonyl (C=O) groups excluding carboxylic acids is 2. The van der Waals surface area contributed by atoms with Crippen LogP contribution in [-0.2, 0) is 11.3 Å². The summed E-state index contributed by atoms with van der Waals surface area (Å²) in [5, 5.41) is 2.01. The van der Waals surface area contributed by atoms with Crippen LogP contribution in [0.2, 0.25) is 0 Å². The molecule has 1 fully saturated rings. The predicted octanol–water partition coefficient (Wildman–Crippen LogP) is 4.45. The van der Waals surface area contributed by atoms with Crippen LogP contribution in [0.3, 0.4) is 0 Å². The monoisotopic (exact) mass is 481 g/mol. The van der Waals surface area contributed by atoms with E-state index in [0.29, 0.717) is 44.0 Å². The van der Waals surface area contributed by atoms with Gasteiger partial charge in [-0.2, -0.15) is 0 Å². The highest BCUT2D eigenvalue weighted by molar-refractivity contribution is 7.09. The quantitative estimate of drug-likeness (QED) is 0.445. The number of Topliss-reactive ketones (excluding diaryl/α,β-unsaturated/α-hetero) is 1. The summed E-state index contributed by atoms with van der Waals surface area (Å²) >= 11 is 1.62. The topological polar surface area (TPSA) is 53.1 Å². The van der Waals surface area contributed by atoms with Crippen LogP contribution in [0.1, 0.15) is 22.2 Å². The van der Waals surface area contributed by atoms with E-state index in [1.54, 1.807) is 35.5 Å². The van der Waals surface area contributed by atoms with Crippen molar-refractivity contribution in [2.45, 2.75) is 13.5 Å². The second-order valence-electron chi connectivity index (χ2n) is 8.24. The van der Waals surface area contributed by atoms with Crippen molar-refractivity contribution in [2.24, 2.45) is 0 Å². The number of ether oxygens (including phenoxy) is 1. The molecule has 4 rings (SSSR count). The Morgan fingerprint density at radius 1 is 1.06 bits per heavy atom. The maximum absolute atomic E-state index is 14.6. The van der Waals surface area contributed by atoms with E-state index in [2.05, 4.69) is 4.90 Å². The average Bonchev–Trinajstić information content (AvgIpc) is 3.36. The van der Waals surface area contributed by atoms with Gasteiger partial charge >= 0.3 is 0 Å². The molecule has 0 spiro atoms. The number of methoxy groups -OCH3 is 1. The summed E-state index contributed by atoms with van der Waals surface area (Å²) in [4.78, 5) is 31.8. The van der Waals surface area contributed by atoms with Gasteiger partial charge in [0.25, 0.3) is 0 Å². The van der Waals surface area contributed by atoms with Crippen LogP contribution in [0.25, 0.3) is 0 Å². The molecule has 1 saturated heterocycles. The van der Waals surface area contributed by atoms with Crippen LogP contribution in [0.4, 0.5) is 15.8 Å². The standard InChI is InChI=1S/C26H28FN3O3S/c1-19(31)20-5-10-25(24(27)16-20)29-13-11-28(12-14-29)18-26(32)30(17-23-4-3-15-34-23)21-6-8-22(33-2)9-7-21/h3-10,15-16H,11-14,17-18H2,1-2H3. The highest BCUT2D eigenvalue weighted by atomic mass is 32.1. The van der Waals surface area contributed by atoms with Crippen molar-refractivity contribution < 1.29 is 18.7 Å². The number of hydrogen-bond donors (Lipinski definition) is 0. The molecule has 2 aromatic carbocycles. The normalized spacial score (nSPS) is 14.1. The van der Waals surface area contributed by atoms with Gasteiger partial charge in [-0.25, -0.2) is 4.39 Å². The number of amides is 1. The van der Waals surface area contributed by atoms with Gasteiger partial charge in [0.05, 0.1) is 25.9 Å². The smallest absolute Gasteiger partial charge is 0.241 e. The number of hydrogen-bond acceptors (Lipinski definition) is 6. The number of benzene rings is 2. The van der Waals surface area contributed by atoms with Gasteiger partial charge in [-0.1, -0.05) is 6.07 Å². The Hall–Kier alpha value is -3.23. The van der Waals surface area contributed by atoms with Crippen LogP contribution < -0.4 is 14.5 Å². The van der Waals surface area contributed by atoms with Crippen molar-refractivity contribution in [2.75, 3.05) is 49.6 Å². The number of nitrogens with zero attached hydrogens (tertiary/aromatic N) is 3. The molecule has 1 aromatic heterocycles. The minimum atomic E-state index is -0.390. The van der Waals surface area contributed by atoms with Gasteiger partial charge in [0, 0.05) is 42.3 Å². The Bertz CT molecular complexity index is 1130. The van der Waals surface area contributed by atoms with Gasteiger partial charge in [0.1, 0.15) is 11.6 Å². The van der Waals surface area contributed by atoms with E-state index in [1.165, 1.54) is 13.0 Å². The van der Waals surface area contributed by atoms with E-state index in [1.807, 2.05) is 46.7 Å². The van der Waals surface area contributed by atoms with Crippen LogP contribution in [0, 0.1) is 5.82 Å². The Morgan fingerprint density at radius 2 is 1.79 bits per heavy atom. The summed E-state index contributed by atoms with van der Waals surface area (Å²) in [5.74, 6) is 0.215. The number of thiophene rings is 1. The van der Waals surface area contributed by atoms with Crippen LogP contribution in [-0.4, -0.2) is 56.4 Å². The first kappa shape index (κ1) is 23.9. The van der Waals surface area contributed by atoms with Crippen molar-refractivity contribution in [1.82, 2.24) is 4.90 Å². The van der Waals surface area contributed by atoms with Crippen LogP contribution >= 0.6 is 11.3 Å². The number of piperazine rings is 1. The van der Waals surface area contributed by atoms with Gasteiger partial charge in [-0.3, -0.25) is 14.5 Å². The fourth-order valence-corrected chi connectivity index (χ4v) is 4.74. The Kier molecular flexibility index (Phi) is 7.59. The second-order valence-corrected chi connectivity index (χ2v) is 9.28. The number of rotatable bonds is 8. The number of carbonyl (C=O) groups is 2. The molecule has 0 saturated carbocycles. The molecule has 34 heavy (non-hydrogen) atoms. The zero-order chi connectivity index (χ0) is 24.1. The summed E-state index contributed by atoms with van der Waals surface area (Å²) in [6, 6.07) is 16.1. The van der Waals surface area contributed by atoms with Crippen molar-refractivity contribution in [3.63, 3.8) is 0 Å². The third-order valence-electron chi connectivity index (χ3n) is 6.01. The first-order valence-electron chi connectivity index (χ1n) is 11.2. The first-order valence-corrected chi connectivity index (χ1v) is 12.1. The zero-order valence-corrected chi connectivity index (χ0v) is 20.2. The molecule has 0 radical (unpaired) electrons. The summed E-state index contributed by atoms with van der Waals surface area (Å²) in [7, 11) is 1.62. The number of halogens is 1. The Labute approximate surface area is 203 Å². The van der Waals surface area contributed by atoms with Crippen molar-refractivity contribution in [3.05, 3.63) is 76.2 Å². The lowest BCUT2D eigenvalue weighted by Crippen LogP contribution is -2.50.